The molecule has 2 aromatic rings. The smallest absolute Gasteiger partial charge is 0.132 e. The van der Waals surface area contributed by atoms with Gasteiger partial charge in [0.15, 0.2) is 0 Å². The summed E-state index contributed by atoms with van der Waals surface area (Å²) in [5.74, 6) is -0.139. The van der Waals surface area contributed by atoms with E-state index in [4.69, 9.17) is 5.26 Å². The molecule has 0 fully saturated rings. The van der Waals surface area contributed by atoms with E-state index in [0.29, 0.717) is 17.2 Å². The zero-order valence-electron chi connectivity index (χ0n) is 9.14. The molecule has 0 aliphatic carbocycles. The Labute approximate surface area is 102 Å². The fraction of sp³-hybridized carbons (Fsp3) is 0. The molecule has 0 bridgehead atoms. The van der Waals surface area contributed by atoms with Crippen LogP contribution in [0.15, 0.2) is 36.5 Å². The van der Waals surface area contributed by atoms with Crippen LogP contribution in [-0.4, -0.2) is 4.98 Å². The standard InChI is InChI=1S/C12H8FN4O/c13-9-3-8(7-14)4-11(5-9)16-12-6-10(17-18)1-2-15-12/h1-6H,(H2-,15,16,17,18)/q-1. The predicted octanol–water partition coefficient (Wildman–Crippen LogP) is 2.75. The van der Waals surface area contributed by atoms with E-state index in [1.807, 2.05) is 6.07 Å². The zero-order chi connectivity index (χ0) is 13.0. The first-order chi connectivity index (χ1) is 8.71. The highest BCUT2D eigenvalue weighted by atomic mass is 19.1. The van der Waals surface area contributed by atoms with Gasteiger partial charge in [-0.1, -0.05) is 0 Å². The molecule has 0 amide bonds. The Morgan fingerprint density at radius 2 is 2.06 bits per heavy atom. The van der Waals surface area contributed by atoms with Crippen molar-refractivity contribution in [2.45, 2.75) is 0 Å². The van der Waals surface area contributed by atoms with E-state index < -0.39 is 5.82 Å². The third kappa shape index (κ3) is 2.72. The molecule has 0 spiro atoms. The summed E-state index contributed by atoms with van der Waals surface area (Å²) in [6, 6.07) is 8.69. The van der Waals surface area contributed by atoms with Crippen molar-refractivity contribution in [2.75, 3.05) is 10.8 Å². The fourth-order valence-electron chi connectivity index (χ4n) is 1.44. The van der Waals surface area contributed by atoms with Crippen molar-refractivity contribution >= 4 is 17.2 Å². The second-order valence-electron chi connectivity index (χ2n) is 3.50. The minimum atomic E-state index is -0.519. The van der Waals surface area contributed by atoms with Crippen LogP contribution in [0.5, 0.6) is 0 Å². The Balaban J connectivity index is 2.28. The fourth-order valence-corrected chi connectivity index (χ4v) is 1.44. The number of nitrogens with zero attached hydrogens (tertiary/aromatic N) is 2. The predicted molar refractivity (Wildman–Crippen MR) is 65.6 cm³/mol. The first-order valence-electron chi connectivity index (χ1n) is 5.03. The topological polar surface area (TPSA) is 83.8 Å². The number of pyridine rings is 1. The highest BCUT2D eigenvalue weighted by molar-refractivity contribution is 5.62. The maximum absolute atomic E-state index is 13.2. The van der Waals surface area contributed by atoms with E-state index in [1.165, 1.54) is 30.5 Å². The van der Waals surface area contributed by atoms with Gasteiger partial charge in [-0.25, -0.2) is 9.37 Å². The highest BCUT2D eigenvalue weighted by Gasteiger charge is 2.02. The third-order valence-corrected chi connectivity index (χ3v) is 2.18. The summed E-state index contributed by atoms with van der Waals surface area (Å²) in [5.41, 5.74) is 2.66. The molecule has 90 valence electrons. The van der Waals surface area contributed by atoms with Crippen molar-refractivity contribution in [3.8, 4) is 6.07 Å². The second-order valence-corrected chi connectivity index (χ2v) is 3.50. The number of aromatic nitrogens is 1. The van der Waals surface area contributed by atoms with Crippen molar-refractivity contribution in [1.29, 1.82) is 5.26 Å². The van der Waals surface area contributed by atoms with E-state index in [-0.39, 0.29) is 5.56 Å². The summed E-state index contributed by atoms with van der Waals surface area (Å²) in [6.45, 7) is 0. The van der Waals surface area contributed by atoms with E-state index in [9.17, 15) is 9.60 Å². The quantitative estimate of drug-likeness (QED) is 0.810. The van der Waals surface area contributed by atoms with Gasteiger partial charge >= 0.3 is 0 Å². The molecule has 1 aromatic heterocycles. The van der Waals surface area contributed by atoms with Gasteiger partial charge < -0.3 is 16.0 Å². The molecule has 5 nitrogen and oxygen atoms in total. The number of nitrogens with one attached hydrogen (secondary N) is 2. The number of nitriles is 1. The third-order valence-electron chi connectivity index (χ3n) is 2.18. The van der Waals surface area contributed by atoms with Crippen LogP contribution in [0.3, 0.4) is 0 Å². The molecule has 1 heterocycles. The Kier molecular flexibility index (Phi) is 3.36. The van der Waals surface area contributed by atoms with Crippen LogP contribution in [0.2, 0.25) is 0 Å². The van der Waals surface area contributed by atoms with Crippen LogP contribution in [0.1, 0.15) is 5.56 Å². The van der Waals surface area contributed by atoms with Crippen LogP contribution in [0.4, 0.5) is 21.6 Å². The van der Waals surface area contributed by atoms with Gasteiger partial charge in [0.1, 0.15) is 11.6 Å². The monoisotopic (exact) mass is 243 g/mol. The molecule has 2 N–H and O–H groups in total. The molecule has 0 aliphatic heterocycles. The average molecular weight is 243 g/mol. The molecule has 0 saturated heterocycles. The van der Waals surface area contributed by atoms with Crippen molar-refractivity contribution in [3.05, 3.63) is 53.1 Å². The van der Waals surface area contributed by atoms with Crippen molar-refractivity contribution in [3.63, 3.8) is 0 Å². The molecule has 0 saturated carbocycles. The minimum Gasteiger partial charge on any atom is -0.761 e. The Hall–Kier alpha value is -2.65. The van der Waals surface area contributed by atoms with Gasteiger partial charge in [0, 0.05) is 23.6 Å². The molecular formula is C12H8FN4O-. The molecule has 18 heavy (non-hydrogen) atoms. The number of hydrogen-bond acceptors (Lipinski definition) is 5. The van der Waals surface area contributed by atoms with Gasteiger partial charge in [-0.2, -0.15) is 5.26 Å². The number of hydrogen-bond donors (Lipinski definition) is 2. The Bertz CT molecular complexity index is 609. The second kappa shape index (κ2) is 5.12. The first kappa shape index (κ1) is 11.8. The van der Waals surface area contributed by atoms with Crippen LogP contribution in [0.25, 0.3) is 0 Å². The lowest BCUT2D eigenvalue weighted by Gasteiger charge is -2.11. The van der Waals surface area contributed by atoms with Crippen molar-refractivity contribution in [2.24, 2.45) is 0 Å². The summed E-state index contributed by atoms with van der Waals surface area (Å²) < 4.78 is 13.2. The van der Waals surface area contributed by atoms with Crippen molar-refractivity contribution in [1.82, 2.24) is 4.98 Å². The summed E-state index contributed by atoms with van der Waals surface area (Å²) in [6.07, 6.45) is 1.44. The van der Waals surface area contributed by atoms with E-state index >= 15 is 0 Å². The minimum absolute atomic E-state index is 0.204. The summed E-state index contributed by atoms with van der Waals surface area (Å²) in [4.78, 5) is 3.97. The maximum atomic E-state index is 13.2. The largest absolute Gasteiger partial charge is 0.761 e. The van der Waals surface area contributed by atoms with Gasteiger partial charge in [0.25, 0.3) is 0 Å². The van der Waals surface area contributed by atoms with Gasteiger partial charge in [-0.15, -0.1) is 0 Å². The van der Waals surface area contributed by atoms with Gasteiger partial charge in [0.2, 0.25) is 0 Å². The van der Waals surface area contributed by atoms with E-state index in [0.717, 1.165) is 6.07 Å². The van der Waals surface area contributed by atoms with Crippen LogP contribution < -0.4 is 10.8 Å². The molecule has 2 rings (SSSR count). The number of anilines is 3. The SMILES string of the molecule is N#Cc1cc(F)cc(Nc2cc(N[O-])ccn2)c1. The molecular weight excluding hydrogens is 235 g/mol. The molecule has 6 heteroatoms. The molecule has 1 aromatic carbocycles. The zero-order valence-corrected chi connectivity index (χ0v) is 9.14. The number of halogens is 1. The van der Waals surface area contributed by atoms with Gasteiger partial charge in [0.05, 0.1) is 11.6 Å². The lowest BCUT2D eigenvalue weighted by molar-refractivity contribution is 0.628. The summed E-state index contributed by atoms with van der Waals surface area (Å²) in [5, 5.41) is 22.0. The first-order valence-corrected chi connectivity index (χ1v) is 5.03. The number of benzene rings is 1. The van der Waals surface area contributed by atoms with Gasteiger partial charge in [-0.05, 0) is 24.3 Å². The molecule has 0 unspecified atom stereocenters. The highest BCUT2D eigenvalue weighted by Crippen LogP contribution is 2.19. The Morgan fingerprint density at radius 3 is 2.78 bits per heavy atom. The number of rotatable bonds is 3. The van der Waals surface area contributed by atoms with Gasteiger partial charge in [-0.3, -0.25) is 0 Å². The molecule has 0 aliphatic rings. The maximum Gasteiger partial charge on any atom is 0.132 e. The summed E-state index contributed by atoms with van der Waals surface area (Å²) in [7, 11) is 0. The van der Waals surface area contributed by atoms with E-state index in [1.54, 1.807) is 5.48 Å². The van der Waals surface area contributed by atoms with E-state index in [2.05, 4.69) is 10.3 Å². The normalized spacial score (nSPS) is 9.61. The van der Waals surface area contributed by atoms with Crippen LogP contribution >= 0.6 is 0 Å². The average Bonchev–Trinajstić information content (AvgIpc) is 2.38. The van der Waals surface area contributed by atoms with Crippen molar-refractivity contribution < 1.29 is 4.39 Å². The van der Waals surface area contributed by atoms with Crippen LogP contribution in [0, 0.1) is 22.4 Å². The lowest BCUT2D eigenvalue weighted by Crippen LogP contribution is -1.96. The lowest BCUT2D eigenvalue weighted by atomic mass is 10.2. The molecule has 0 atom stereocenters. The van der Waals surface area contributed by atoms with Crippen LogP contribution in [-0.2, 0) is 0 Å². The Morgan fingerprint density at radius 1 is 1.22 bits per heavy atom. The molecule has 0 radical (unpaired) electrons. The summed E-state index contributed by atoms with van der Waals surface area (Å²) >= 11 is 0.